The molecule has 0 spiro atoms. The van der Waals surface area contributed by atoms with Gasteiger partial charge in [0.25, 0.3) is 0 Å². The molecular formula is C6H14N2OS. The van der Waals surface area contributed by atoms with E-state index >= 15 is 0 Å². The van der Waals surface area contributed by atoms with Gasteiger partial charge in [-0.3, -0.25) is 4.78 Å². The van der Waals surface area contributed by atoms with Crippen molar-refractivity contribution in [2.24, 2.45) is 0 Å². The minimum atomic E-state index is -2.25. The van der Waals surface area contributed by atoms with Gasteiger partial charge in [0.05, 0.1) is 5.25 Å². The maximum atomic E-state index is 11.1. The zero-order valence-electron chi connectivity index (χ0n) is 6.46. The monoisotopic (exact) mass is 162 g/mol. The molecule has 0 aromatic heterocycles. The minimum absolute atomic E-state index is 0.132. The highest BCUT2D eigenvalue weighted by Gasteiger charge is 2.30. The lowest BCUT2D eigenvalue weighted by atomic mass is 10.2. The molecule has 10 heavy (non-hydrogen) atoms. The van der Waals surface area contributed by atoms with Gasteiger partial charge in [-0.1, -0.05) is 6.92 Å². The summed E-state index contributed by atoms with van der Waals surface area (Å²) in [6.07, 6.45) is 1.53. The molecule has 4 heteroatoms. The number of likely N-dealkylation sites (tertiary alicyclic amines) is 1. The molecular weight excluding hydrogens is 148 g/mol. The number of hydrogen-bond acceptors (Lipinski definition) is 3. The van der Waals surface area contributed by atoms with E-state index in [1.807, 2.05) is 0 Å². The number of hydrogen-bond donors (Lipinski definition) is 1. The van der Waals surface area contributed by atoms with Gasteiger partial charge in [0.2, 0.25) is 0 Å². The average Bonchev–Trinajstić information content (AvgIpc) is 1.57. The first-order valence-corrected chi connectivity index (χ1v) is 5.52. The fourth-order valence-electron chi connectivity index (χ4n) is 1.07. The first kappa shape index (κ1) is 8.01. The molecule has 1 N–H and O–H groups in total. The van der Waals surface area contributed by atoms with E-state index in [4.69, 9.17) is 4.78 Å². The van der Waals surface area contributed by atoms with E-state index in [0.29, 0.717) is 0 Å². The van der Waals surface area contributed by atoms with Crippen LogP contribution in [0.2, 0.25) is 0 Å². The Hall–Kier alpha value is -0.0900. The molecule has 1 atom stereocenters. The van der Waals surface area contributed by atoms with Gasteiger partial charge in [0.1, 0.15) is 0 Å². The lowest BCUT2D eigenvalue weighted by molar-refractivity contribution is 0.198. The normalized spacial score (nSPS) is 27.4. The highest BCUT2D eigenvalue weighted by molar-refractivity contribution is 7.92. The molecule has 0 saturated carbocycles. The molecule has 1 fully saturated rings. The molecule has 0 aromatic rings. The van der Waals surface area contributed by atoms with Gasteiger partial charge in [0, 0.05) is 29.1 Å². The average molecular weight is 162 g/mol. The van der Waals surface area contributed by atoms with Gasteiger partial charge in [0.15, 0.2) is 0 Å². The van der Waals surface area contributed by atoms with Gasteiger partial charge in [-0.15, -0.1) is 0 Å². The van der Waals surface area contributed by atoms with Crippen LogP contribution in [0.1, 0.15) is 6.92 Å². The Balaban J connectivity index is 2.41. The molecule has 1 rings (SSSR count). The van der Waals surface area contributed by atoms with Crippen LogP contribution < -0.4 is 0 Å². The highest BCUT2D eigenvalue weighted by atomic mass is 32.2. The topological polar surface area (TPSA) is 44.2 Å². The van der Waals surface area contributed by atoms with Crippen LogP contribution in [0, 0.1) is 4.78 Å². The Morgan fingerprint density at radius 2 is 2.20 bits per heavy atom. The minimum Gasteiger partial charge on any atom is -0.301 e. The summed E-state index contributed by atoms with van der Waals surface area (Å²) in [6, 6.07) is 0. The number of nitrogens with one attached hydrogen (secondary N) is 1. The van der Waals surface area contributed by atoms with Gasteiger partial charge in [-0.2, -0.15) is 0 Å². The molecule has 0 amide bonds. The summed E-state index contributed by atoms with van der Waals surface area (Å²) in [5.41, 5.74) is 0. The van der Waals surface area contributed by atoms with E-state index in [2.05, 4.69) is 11.8 Å². The second-order valence-electron chi connectivity index (χ2n) is 2.88. The molecule has 1 aliphatic heterocycles. The first-order chi connectivity index (χ1) is 4.54. The van der Waals surface area contributed by atoms with E-state index in [9.17, 15) is 4.21 Å². The van der Waals surface area contributed by atoms with Crippen molar-refractivity contribution in [1.82, 2.24) is 4.90 Å². The Labute approximate surface area is 62.4 Å². The molecule has 0 aromatic carbocycles. The SMILES string of the molecule is CCN1CC(S(C)(=N)=O)C1. The maximum absolute atomic E-state index is 11.1. The third-order valence-corrected chi connectivity index (χ3v) is 3.58. The first-order valence-electron chi connectivity index (χ1n) is 3.49. The van der Waals surface area contributed by atoms with Crippen molar-refractivity contribution in [2.45, 2.75) is 12.2 Å². The van der Waals surface area contributed by atoms with Crippen molar-refractivity contribution in [3.8, 4) is 0 Å². The maximum Gasteiger partial charge on any atom is 0.0679 e. The summed E-state index contributed by atoms with van der Waals surface area (Å²) in [5.74, 6) is 0. The molecule has 60 valence electrons. The Bertz CT molecular complexity index is 204. The fourth-order valence-corrected chi connectivity index (χ4v) is 2.06. The molecule has 0 aliphatic carbocycles. The van der Waals surface area contributed by atoms with Gasteiger partial charge < -0.3 is 4.90 Å². The van der Waals surface area contributed by atoms with Crippen LogP contribution >= 0.6 is 0 Å². The van der Waals surface area contributed by atoms with Crippen molar-refractivity contribution in [3.05, 3.63) is 0 Å². The standard InChI is InChI=1S/C6H14N2OS/c1-3-8-4-6(5-8)10(2,7)9/h6-7H,3-5H2,1-2H3. The third kappa shape index (κ3) is 1.49. The van der Waals surface area contributed by atoms with Gasteiger partial charge in [-0.05, 0) is 6.54 Å². The van der Waals surface area contributed by atoms with Crippen LogP contribution in [0.5, 0.6) is 0 Å². The number of nitrogens with zero attached hydrogens (tertiary/aromatic N) is 1. The van der Waals surface area contributed by atoms with Crippen LogP contribution in [0.25, 0.3) is 0 Å². The summed E-state index contributed by atoms with van der Waals surface area (Å²) in [4.78, 5) is 2.20. The summed E-state index contributed by atoms with van der Waals surface area (Å²) >= 11 is 0. The van der Waals surface area contributed by atoms with Crippen molar-refractivity contribution in [1.29, 1.82) is 4.78 Å². The molecule has 3 nitrogen and oxygen atoms in total. The largest absolute Gasteiger partial charge is 0.301 e. The fraction of sp³-hybridized carbons (Fsp3) is 1.00. The molecule has 1 aliphatic rings. The predicted molar refractivity (Wildman–Crippen MR) is 42.7 cm³/mol. The second-order valence-corrected chi connectivity index (χ2v) is 5.35. The van der Waals surface area contributed by atoms with Crippen LogP contribution in [-0.4, -0.2) is 40.2 Å². The lowest BCUT2D eigenvalue weighted by Crippen LogP contribution is -2.53. The number of rotatable bonds is 2. The smallest absolute Gasteiger partial charge is 0.0679 e. The van der Waals surface area contributed by atoms with Crippen molar-refractivity contribution in [3.63, 3.8) is 0 Å². The quantitative estimate of drug-likeness (QED) is 0.637. The third-order valence-electron chi connectivity index (χ3n) is 2.01. The van der Waals surface area contributed by atoms with Crippen LogP contribution in [0.15, 0.2) is 0 Å². The summed E-state index contributed by atoms with van der Waals surface area (Å²) in [5, 5.41) is 0.132. The van der Waals surface area contributed by atoms with E-state index in [0.717, 1.165) is 19.6 Å². The van der Waals surface area contributed by atoms with E-state index < -0.39 is 9.73 Å². The molecule has 1 unspecified atom stereocenters. The lowest BCUT2D eigenvalue weighted by Gasteiger charge is -2.38. The summed E-state index contributed by atoms with van der Waals surface area (Å²) in [6.45, 7) is 4.81. The van der Waals surface area contributed by atoms with E-state index in [1.54, 1.807) is 0 Å². The van der Waals surface area contributed by atoms with Crippen molar-refractivity contribution in [2.75, 3.05) is 25.9 Å². The second kappa shape index (κ2) is 2.51. The molecule has 1 saturated heterocycles. The van der Waals surface area contributed by atoms with Gasteiger partial charge >= 0.3 is 0 Å². The highest BCUT2D eigenvalue weighted by Crippen LogP contribution is 2.14. The summed E-state index contributed by atoms with van der Waals surface area (Å²) < 4.78 is 18.3. The van der Waals surface area contributed by atoms with E-state index in [1.165, 1.54) is 6.26 Å². The summed E-state index contributed by atoms with van der Waals surface area (Å²) in [7, 11) is -2.25. The van der Waals surface area contributed by atoms with Crippen LogP contribution in [0.3, 0.4) is 0 Å². The Kier molecular flexibility index (Phi) is 2.01. The molecule has 1 heterocycles. The Morgan fingerprint density at radius 3 is 2.50 bits per heavy atom. The van der Waals surface area contributed by atoms with Crippen molar-refractivity contribution >= 4 is 9.73 Å². The van der Waals surface area contributed by atoms with Crippen LogP contribution in [0.4, 0.5) is 0 Å². The van der Waals surface area contributed by atoms with Crippen molar-refractivity contribution < 1.29 is 4.21 Å². The molecule has 0 bridgehead atoms. The van der Waals surface area contributed by atoms with E-state index in [-0.39, 0.29) is 5.25 Å². The van der Waals surface area contributed by atoms with Crippen LogP contribution in [-0.2, 0) is 9.73 Å². The zero-order chi connectivity index (χ0) is 7.78. The van der Waals surface area contributed by atoms with Gasteiger partial charge in [-0.25, -0.2) is 4.21 Å². The molecule has 0 radical (unpaired) electrons. The Morgan fingerprint density at radius 1 is 1.70 bits per heavy atom. The predicted octanol–water partition coefficient (Wildman–Crippen LogP) is 0.367. The zero-order valence-corrected chi connectivity index (χ0v) is 7.28.